The number of amides is 1. The Morgan fingerprint density at radius 2 is 1.86 bits per heavy atom. The zero-order valence-electron chi connectivity index (χ0n) is 16.3. The number of rotatable bonds is 8. The topological polar surface area (TPSA) is 95.3 Å². The van der Waals surface area contributed by atoms with Crippen molar-refractivity contribution in [2.45, 2.75) is 13.5 Å². The molecule has 1 N–H and O–H groups in total. The largest absolute Gasteiger partial charge is 0.495 e. The first-order valence-corrected chi connectivity index (χ1v) is 9.18. The molecule has 0 saturated heterocycles. The number of benzene rings is 1. The monoisotopic (exact) mass is 394 g/mol. The molecule has 0 radical (unpaired) electrons. The third kappa shape index (κ3) is 5.19. The van der Waals surface area contributed by atoms with Gasteiger partial charge < -0.3 is 19.4 Å². The van der Waals surface area contributed by atoms with Crippen molar-refractivity contribution < 1.29 is 14.3 Å². The summed E-state index contributed by atoms with van der Waals surface area (Å²) in [5.41, 5.74) is 1.45. The molecule has 1 amide bonds. The Bertz CT molecular complexity index is 1030. The molecule has 0 aliphatic carbocycles. The summed E-state index contributed by atoms with van der Waals surface area (Å²) in [6, 6.07) is 10.4. The predicted molar refractivity (Wildman–Crippen MR) is 108 cm³/mol. The van der Waals surface area contributed by atoms with E-state index in [2.05, 4.69) is 15.3 Å². The van der Waals surface area contributed by atoms with Crippen LogP contribution in [0.4, 0.5) is 0 Å². The maximum Gasteiger partial charge on any atom is 0.271 e. The molecule has 0 aliphatic heterocycles. The minimum absolute atomic E-state index is 0.169. The summed E-state index contributed by atoms with van der Waals surface area (Å²) >= 11 is 0. The molecule has 0 bridgehead atoms. The quantitative estimate of drug-likeness (QED) is 0.629. The van der Waals surface area contributed by atoms with Gasteiger partial charge in [0, 0.05) is 30.9 Å². The highest BCUT2D eigenvalue weighted by atomic mass is 16.5. The predicted octanol–water partition coefficient (Wildman–Crippen LogP) is 2.14. The second-order valence-electron chi connectivity index (χ2n) is 6.10. The molecular weight excluding hydrogens is 372 g/mol. The van der Waals surface area contributed by atoms with Gasteiger partial charge in [-0.2, -0.15) is 0 Å². The number of hydrogen-bond acceptors (Lipinski definition) is 6. The number of carbonyl (C=O) groups excluding carboxylic acids is 1. The second kappa shape index (κ2) is 9.50. The van der Waals surface area contributed by atoms with Crippen LogP contribution < -0.4 is 20.3 Å². The SMILES string of the molecule is CCOc1ccc(-c2cncc(C(=O)NCCn3cc(OC)ccc3=O)n2)cc1. The van der Waals surface area contributed by atoms with E-state index in [1.54, 1.807) is 18.5 Å². The first kappa shape index (κ1) is 20.1. The molecular formula is C21H22N4O4. The molecule has 0 fully saturated rings. The van der Waals surface area contributed by atoms with E-state index in [1.807, 2.05) is 31.2 Å². The van der Waals surface area contributed by atoms with Gasteiger partial charge in [0.25, 0.3) is 11.5 Å². The van der Waals surface area contributed by atoms with E-state index in [0.29, 0.717) is 24.6 Å². The van der Waals surface area contributed by atoms with E-state index in [0.717, 1.165) is 11.3 Å². The average Bonchev–Trinajstić information content (AvgIpc) is 2.76. The third-order valence-corrected chi connectivity index (χ3v) is 4.16. The maximum atomic E-state index is 12.4. The molecule has 150 valence electrons. The lowest BCUT2D eigenvalue weighted by molar-refractivity contribution is 0.0947. The Hall–Kier alpha value is -3.68. The standard InChI is InChI=1S/C21H22N4O4/c1-3-29-16-6-4-15(5-7-16)18-12-22-13-19(24-18)21(27)23-10-11-25-14-17(28-2)8-9-20(25)26/h4-9,12-14H,3,10-11H2,1-2H3,(H,23,27). The number of hydrogen-bond donors (Lipinski definition) is 1. The molecule has 29 heavy (non-hydrogen) atoms. The Labute approximate surface area is 168 Å². The van der Waals surface area contributed by atoms with Crippen LogP contribution in [0, 0.1) is 0 Å². The van der Waals surface area contributed by atoms with Crippen molar-refractivity contribution in [1.29, 1.82) is 0 Å². The van der Waals surface area contributed by atoms with Crippen LogP contribution in [0.1, 0.15) is 17.4 Å². The summed E-state index contributed by atoms with van der Waals surface area (Å²) in [6.45, 7) is 3.09. The minimum Gasteiger partial charge on any atom is -0.495 e. The molecule has 8 heteroatoms. The maximum absolute atomic E-state index is 12.4. The molecule has 0 unspecified atom stereocenters. The zero-order chi connectivity index (χ0) is 20.6. The van der Waals surface area contributed by atoms with Crippen LogP contribution in [0.15, 0.2) is 59.8 Å². The number of ether oxygens (including phenoxy) is 2. The molecule has 1 aromatic carbocycles. The van der Waals surface area contributed by atoms with Gasteiger partial charge in [0.1, 0.15) is 17.2 Å². The summed E-state index contributed by atoms with van der Waals surface area (Å²) in [4.78, 5) is 32.8. The average molecular weight is 394 g/mol. The molecule has 3 rings (SSSR count). The van der Waals surface area contributed by atoms with E-state index in [4.69, 9.17) is 9.47 Å². The lowest BCUT2D eigenvalue weighted by Crippen LogP contribution is -2.31. The molecule has 0 aliphatic rings. The number of methoxy groups -OCH3 is 1. The van der Waals surface area contributed by atoms with E-state index in [1.165, 1.54) is 23.9 Å². The highest BCUT2D eigenvalue weighted by Crippen LogP contribution is 2.20. The third-order valence-electron chi connectivity index (χ3n) is 4.16. The van der Waals surface area contributed by atoms with Crippen molar-refractivity contribution in [2.24, 2.45) is 0 Å². The first-order chi connectivity index (χ1) is 14.1. The van der Waals surface area contributed by atoms with Gasteiger partial charge in [0.15, 0.2) is 0 Å². The fourth-order valence-corrected chi connectivity index (χ4v) is 2.69. The zero-order valence-corrected chi connectivity index (χ0v) is 16.3. The Kier molecular flexibility index (Phi) is 6.57. The van der Waals surface area contributed by atoms with Gasteiger partial charge in [-0.25, -0.2) is 4.98 Å². The van der Waals surface area contributed by atoms with Crippen LogP contribution in [0.25, 0.3) is 11.3 Å². The van der Waals surface area contributed by atoms with Gasteiger partial charge in [-0.15, -0.1) is 0 Å². The summed E-state index contributed by atoms with van der Waals surface area (Å²) in [5.74, 6) is 0.983. The fraction of sp³-hybridized carbons (Fsp3) is 0.238. The fourth-order valence-electron chi connectivity index (χ4n) is 2.69. The van der Waals surface area contributed by atoms with Crippen molar-refractivity contribution in [2.75, 3.05) is 20.3 Å². The lowest BCUT2D eigenvalue weighted by Gasteiger charge is -2.09. The van der Waals surface area contributed by atoms with E-state index in [-0.39, 0.29) is 23.7 Å². The normalized spacial score (nSPS) is 10.4. The lowest BCUT2D eigenvalue weighted by atomic mass is 10.1. The van der Waals surface area contributed by atoms with Crippen molar-refractivity contribution in [3.8, 4) is 22.8 Å². The van der Waals surface area contributed by atoms with Crippen LogP contribution >= 0.6 is 0 Å². The van der Waals surface area contributed by atoms with Crippen LogP contribution in [-0.2, 0) is 6.54 Å². The van der Waals surface area contributed by atoms with Crippen LogP contribution in [0.3, 0.4) is 0 Å². The number of carbonyl (C=O) groups is 1. The molecule has 0 atom stereocenters. The number of aromatic nitrogens is 3. The number of nitrogens with zero attached hydrogens (tertiary/aromatic N) is 3. The number of nitrogens with one attached hydrogen (secondary N) is 1. The van der Waals surface area contributed by atoms with E-state index < -0.39 is 0 Å². The minimum atomic E-state index is -0.360. The van der Waals surface area contributed by atoms with Gasteiger partial charge in [-0.3, -0.25) is 14.6 Å². The molecule has 0 spiro atoms. The van der Waals surface area contributed by atoms with Crippen molar-refractivity contribution >= 4 is 5.91 Å². The molecule has 3 aromatic rings. The number of pyridine rings is 1. The van der Waals surface area contributed by atoms with E-state index >= 15 is 0 Å². The van der Waals surface area contributed by atoms with Crippen molar-refractivity contribution in [1.82, 2.24) is 19.9 Å². The second-order valence-corrected chi connectivity index (χ2v) is 6.10. The van der Waals surface area contributed by atoms with Gasteiger partial charge in [0.05, 0.1) is 31.8 Å². The van der Waals surface area contributed by atoms with E-state index in [9.17, 15) is 9.59 Å². The highest BCUT2D eigenvalue weighted by Gasteiger charge is 2.10. The Morgan fingerprint density at radius 3 is 2.59 bits per heavy atom. The van der Waals surface area contributed by atoms with Crippen LogP contribution in [0.2, 0.25) is 0 Å². The van der Waals surface area contributed by atoms with Gasteiger partial charge >= 0.3 is 0 Å². The highest BCUT2D eigenvalue weighted by molar-refractivity contribution is 5.92. The molecule has 0 saturated carbocycles. The molecule has 2 heterocycles. The van der Waals surface area contributed by atoms with Crippen molar-refractivity contribution in [3.05, 3.63) is 71.0 Å². The summed E-state index contributed by atoms with van der Waals surface area (Å²) < 4.78 is 12.0. The summed E-state index contributed by atoms with van der Waals surface area (Å²) in [6.07, 6.45) is 4.61. The van der Waals surface area contributed by atoms with Crippen molar-refractivity contribution in [3.63, 3.8) is 0 Å². The Morgan fingerprint density at radius 1 is 1.10 bits per heavy atom. The molecule has 2 aromatic heterocycles. The molecule has 8 nitrogen and oxygen atoms in total. The summed E-state index contributed by atoms with van der Waals surface area (Å²) in [5, 5.41) is 2.75. The van der Waals surface area contributed by atoms with Gasteiger partial charge in [-0.05, 0) is 37.3 Å². The summed E-state index contributed by atoms with van der Waals surface area (Å²) in [7, 11) is 1.53. The van der Waals surface area contributed by atoms with Crippen LogP contribution in [-0.4, -0.2) is 40.7 Å². The first-order valence-electron chi connectivity index (χ1n) is 9.18. The Balaban J connectivity index is 1.64. The van der Waals surface area contributed by atoms with Gasteiger partial charge in [0.2, 0.25) is 0 Å². The smallest absolute Gasteiger partial charge is 0.271 e. The van der Waals surface area contributed by atoms with Crippen LogP contribution in [0.5, 0.6) is 11.5 Å². The van der Waals surface area contributed by atoms with Gasteiger partial charge in [-0.1, -0.05) is 0 Å².